The van der Waals surface area contributed by atoms with Crippen molar-refractivity contribution >= 4 is 5.78 Å². The van der Waals surface area contributed by atoms with E-state index in [0.29, 0.717) is 6.54 Å². The second kappa shape index (κ2) is 10.6. The van der Waals surface area contributed by atoms with Crippen LogP contribution in [0.3, 0.4) is 0 Å². The molecule has 0 aromatic heterocycles. The van der Waals surface area contributed by atoms with Gasteiger partial charge in [0.15, 0.2) is 5.78 Å². The van der Waals surface area contributed by atoms with Crippen molar-refractivity contribution in [3.05, 3.63) is 35.4 Å². The van der Waals surface area contributed by atoms with Crippen LogP contribution in [0.1, 0.15) is 61.4 Å². The minimum atomic E-state index is 0.255. The number of unbranched alkanes of at least 4 members (excludes halogenated alkanes) is 5. The van der Waals surface area contributed by atoms with Crippen LogP contribution in [0.5, 0.6) is 0 Å². The van der Waals surface area contributed by atoms with Crippen LogP contribution in [0.25, 0.3) is 0 Å². The lowest BCUT2D eigenvalue weighted by atomic mass is 10.0. The number of likely N-dealkylation sites (N-methyl/N-ethyl adjacent to an activating group) is 1. The zero-order chi connectivity index (χ0) is 17.2. The highest BCUT2D eigenvalue weighted by Crippen LogP contribution is 2.12. The van der Waals surface area contributed by atoms with E-state index in [2.05, 4.69) is 35.9 Å². The van der Waals surface area contributed by atoms with Crippen LogP contribution >= 0.6 is 0 Å². The molecule has 3 nitrogen and oxygen atoms in total. The second-order valence-corrected chi connectivity index (χ2v) is 7.22. The van der Waals surface area contributed by atoms with Crippen LogP contribution in [0.15, 0.2) is 24.3 Å². The summed E-state index contributed by atoms with van der Waals surface area (Å²) in [6, 6.07) is 8.32. The number of aryl methyl sites for hydroxylation is 1. The third-order valence-corrected chi connectivity index (χ3v) is 5.06. The number of ketones is 1. The van der Waals surface area contributed by atoms with E-state index in [1.165, 1.54) is 44.1 Å². The summed E-state index contributed by atoms with van der Waals surface area (Å²) in [5.41, 5.74) is 2.22. The van der Waals surface area contributed by atoms with Gasteiger partial charge in [-0.3, -0.25) is 9.69 Å². The summed E-state index contributed by atoms with van der Waals surface area (Å²) in [6.07, 6.45) is 9.13. The molecular formula is C21H34N2O. The third-order valence-electron chi connectivity index (χ3n) is 5.06. The van der Waals surface area contributed by atoms with Crippen LogP contribution in [-0.2, 0) is 6.42 Å². The number of carbonyl (C=O) groups is 1. The Hall–Kier alpha value is -1.19. The molecular weight excluding hydrogens is 296 g/mol. The van der Waals surface area contributed by atoms with Gasteiger partial charge < -0.3 is 4.90 Å². The van der Waals surface area contributed by atoms with E-state index in [1.807, 2.05) is 12.1 Å². The molecule has 0 amide bonds. The molecule has 1 aliphatic rings. The van der Waals surface area contributed by atoms with Gasteiger partial charge in [-0.15, -0.1) is 0 Å². The van der Waals surface area contributed by atoms with Crippen LogP contribution in [0.4, 0.5) is 0 Å². The van der Waals surface area contributed by atoms with E-state index in [4.69, 9.17) is 0 Å². The van der Waals surface area contributed by atoms with Crippen molar-refractivity contribution < 1.29 is 4.79 Å². The van der Waals surface area contributed by atoms with Crippen molar-refractivity contribution in [3.8, 4) is 0 Å². The lowest BCUT2D eigenvalue weighted by Gasteiger charge is -2.31. The fourth-order valence-electron chi connectivity index (χ4n) is 3.27. The number of hydrogen-bond donors (Lipinski definition) is 0. The summed E-state index contributed by atoms with van der Waals surface area (Å²) in [5.74, 6) is 0.255. The first-order valence-electron chi connectivity index (χ1n) is 9.72. The number of piperazine rings is 1. The van der Waals surface area contributed by atoms with E-state index in [-0.39, 0.29) is 5.78 Å². The molecule has 0 saturated carbocycles. The maximum atomic E-state index is 12.4. The number of hydrogen-bond acceptors (Lipinski definition) is 3. The summed E-state index contributed by atoms with van der Waals surface area (Å²) in [7, 11) is 2.14. The number of nitrogens with zero attached hydrogens (tertiary/aromatic N) is 2. The molecule has 24 heavy (non-hydrogen) atoms. The Morgan fingerprint density at radius 3 is 2.21 bits per heavy atom. The summed E-state index contributed by atoms with van der Waals surface area (Å²) >= 11 is 0. The molecule has 134 valence electrons. The standard InChI is InChI=1S/C21H34N2O/c1-3-4-5-6-7-8-9-19-10-12-20(13-11-19)21(24)18-23-16-14-22(2)15-17-23/h10-13H,3-9,14-18H2,1-2H3. The SMILES string of the molecule is CCCCCCCCc1ccc(C(=O)CN2CCN(C)CC2)cc1. The van der Waals surface area contributed by atoms with Gasteiger partial charge >= 0.3 is 0 Å². The maximum absolute atomic E-state index is 12.4. The minimum Gasteiger partial charge on any atom is -0.304 e. The van der Waals surface area contributed by atoms with Gasteiger partial charge in [0, 0.05) is 31.7 Å². The molecule has 0 aliphatic carbocycles. The van der Waals surface area contributed by atoms with Gasteiger partial charge in [-0.25, -0.2) is 0 Å². The number of rotatable bonds is 10. The Kier molecular flexibility index (Phi) is 8.48. The van der Waals surface area contributed by atoms with Crippen molar-refractivity contribution in [1.82, 2.24) is 9.80 Å². The molecule has 3 heteroatoms. The molecule has 1 aromatic rings. The Morgan fingerprint density at radius 2 is 1.54 bits per heavy atom. The summed E-state index contributed by atoms with van der Waals surface area (Å²) in [5, 5.41) is 0. The van der Waals surface area contributed by atoms with Gasteiger partial charge in [0.1, 0.15) is 0 Å². The molecule has 0 unspecified atom stereocenters. The van der Waals surface area contributed by atoms with E-state index < -0.39 is 0 Å². The molecule has 0 radical (unpaired) electrons. The molecule has 0 atom stereocenters. The molecule has 0 bridgehead atoms. The van der Waals surface area contributed by atoms with Gasteiger partial charge in [0.2, 0.25) is 0 Å². The Morgan fingerprint density at radius 1 is 0.917 bits per heavy atom. The van der Waals surface area contributed by atoms with Crippen molar-refractivity contribution in [3.63, 3.8) is 0 Å². The first-order chi connectivity index (χ1) is 11.7. The van der Waals surface area contributed by atoms with Crippen molar-refractivity contribution in [2.45, 2.75) is 51.9 Å². The topological polar surface area (TPSA) is 23.6 Å². The van der Waals surface area contributed by atoms with Crippen molar-refractivity contribution in [1.29, 1.82) is 0 Å². The fraction of sp³-hybridized carbons (Fsp3) is 0.667. The predicted octanol–water partition coefficient (Wildman–Crippen LogP) is 4.02. The number of Topliss-reactive ketones (excluding diaryl/α,β-unsaturated/α-hetero) is 1. The Balaban J connectivity index is 1.69. The molecule has 0 N–H and O–H groups in total. The lowest BCUT2D eigenvalue weighted by Crippen LogP contribution is -2.46. The molecule has 1 aliphatic heterocycles. The molecule has 2 rings (SSSR count). The Bertz CT molecular complexity index is 475. The third kappa shape index (κ3) is 6.74. The molecule has 1 saturated heterocycles. The summed E-state index contributed by atoms with van der Waals surface area (Å²) in [4.78, 5) is 17.0. The summed E-state index contributed by atoms with van der Waals surface area (Å²) in [6.45, 7) is 6.93. The Labute approximate surface area is 148 Å². The van der Waals surface area contributed by atoms with E-state index in [9.17, 15) is 4.79 Å². The monoisotopic (exact) mass is 330 g/mol. The first kappa shape index (κ1) is 19.1. The average molecular weight is 331 g/mol. The van der Waals surface area contributed by atoms with E-state index >= 15 is 0 Å². The van der Waals surface area contributed by atoms with E-state index in [0.717, 1.165) is 38.2 Å². The zero-order valence-corrected chi connectivity index (χ0v) is 15.6. The van der Waals surface area contributed by atoms with Gasteiger partial charge in [0.25, 0.3) is 0 Å². The maximum Gasteiger partial charge on any atom is 0.176 e. The smallest absolute Gasteiger partial charge is 0.176 e. The number of benzene rings is 1. The number of carbonyl (C=O) groups excluding carboxylic acids is 1. The van der Waals surface area contributed by atoms with E-state index in [1.54, 1.807) is 0 Å². The fourth-order valence-corrected chi connectivity index (χ4v) is 3.27. The van der Waals surface area contributed by atoms with Gasteiger partial charge in [-0.05, 0) is 25.5 Å². The molecule has 1 heterocycles. The molecule has 1 aromatic carbocycles. The highest BCUT2D eigenvalue weighted by molar-refractivity contribution is 5.97. The largest absolute Gasteiger partial charge is 0.304 e. The van der Waals surface area contributed by atoms with Crippen LogP contribution in [0.2, 0.25) is 0 Å². The normalized spacial score (nSPS) is 16.4. The molecule has 1 fully saturated rings. The predicted molar refractivity (Wildman–Crippen MR) is 102 cm³/mol. The quantitative estimate of drug-likeness (QED) is 0.478. The van der Waals surface area contributed by atoms with Crippen molar-refractivity contribution in [2.24, 2.45) is 0 Å². The van der Waals surface area contributed by atoms with Crippen LogP contribution < -0.4 is 0 Å². The van der Waals surface area contributed by atoms with Gasteiger partial charge in [-0.2, -0.15) is 0 Å². The van der Waals surface area contributed by atoms with Crippen molar-refractivity contribution in [2.75, 3.05) is 39.8 Å². The van der Waals surface area contributed by atoms with Gasteiger partial charge in [-0.1, -0.05) is 63.3 Å². The highest BCUT2D eigenvalue weighted by atomic mass is 16.1. The summed E-state index contributed by atoms with van der Waals surface area (Å²) < 4.78 is 0. The van der Waals surface area contributed by atoms with Crippen LogP contribution in [0, 0.1) is 0 Å². The molecule has 0 spiro atoms. The van der Waals surface area contributed by atoms with Crippen LogP contribution in [-0.4, -0.2) is 55.4 Å². The minimum absolute atomic E-state index is 0.255. The zero-order valence-electron chi connectivity index (χ0n) is 15.6. The average Bonchev–Trinajstić information content (AvgIpc) is 2.60. The second-order valence-electron chi connectivity index (χ2n) is 7.22. The van der Waals surface area contributed by atoms with Gasteiger partial charge in [0.05, 0.1) is 6.54 Å². The lowest BCUT2D eigenvalue weighted by molar-refractivity contribution is 0.0876. The first-order valence-corrected chi connectivity index (χ1v) is 9.72. The highest BCUT2D eigenvalue weighted by Gasteiger charge is 2.17.